The monoisotopic (exact) mass is 247 g/mol. The zero-order chi connectivity index (χ0) is 12.6. The average Bonchev–Trinajstić information content (AvgIpc) is 3.23. The number of nitrogens with one attached hydrogen (secondary N) is 1. The number of ether oxygens (including phenoxy) is 1. The van der Waals surface area contributed by atoms with Gasteiger partial charge in [-0.25, -0.2) is 0 Å². The molecule has 1 atom stereocenters. The molecule has 18 heavy (non-hydrogen) atoms. The highest BCUT2D eigenvalue weighted by molar-refractivity contribution is 5.20. The first-order chi connectivity index (χ1) is 8.90. The van der Waals surface area contributed by atoms with Gasteiger partial charge in [0.1, 0.15) is 5.75 Å². The van der Waals surface area contributed by atoms with Gasteiger partial charge in [0, 0.05) is 6.04 Å². The maximum absolute atomic E-state index is 5.73. The topological polar surface area (TPSA) is 21.3 Å². The summed E-state index contributed by atoms with van der Waals surface area (Å²) in [7, 11) is 0. The fourth-order valence-corrected chi connectivity index (χ4v) is 2.34. The molecule has 2 nitrogen and oxygen atoms in total. The van der Waals surface area contributed by atoms with Crippen LogP contribution in [0.1, 0.15) is 39.0 Å². The van der Waals surface area contributed by atoms with Crippen LogP contribution >= 0.6 is 0 Å². The lowest BCUT2D eigenvalue weighted by atomic mass is 10.1. The van der Waals surface area contributed by atoms with Crippen molar-refractivity contribution in [1.82, 2.24) is 5.32 Å². The lowest BCUT2D eigenvalue weighted by Gasteiger charge is -2.17. The fraction of sp³-hybridized carbons (Fsp3) is 0.625. The highest BCUT2D eigenvalue weighted by atomic mass is 16.5. The summed E-state index contributed by atoms with van der Waals surface area (Å²) in [5.41, 5.74) is 0. The number of rotatable bonds is 9. The normalized spacial score (nSPS) is 16.5. The predicted molar refractivity (Wildman–Crippen MR) is 76.0 cm³/mol. The Kier molecular flexibility index (Phi) is 5.53. The molecule has 1 saturated carbocycles. The van der Waals surface area contributed by atoms with Crippen LogP contribution in [0.3, 0.4) is 0 Å². The van der Waals surface area contributed by atoms with E-state index in [1.54, 1.807) is 0 Å². The number of hydrogen-bond acceptors (Lipinski definition) is 2. The maximum atomic E-state index is 5.73. The van der Waals surface area contributed by atoms with E-state index < -0.39 is 0 Å². The molecule has 0 aromatic heterocycles. The highest BCUT2D eigenvalue weighted by Gasteiger charge is 2.29. The van der Waals surface area contributed by atoms with Gasteiger partial charge in [-0.05, 0) is 56.7 Å². The van der Waals surface area contributed by atoms with Gasteiger partial charge in [-0.15, -0.1) is 0 Å². The Morgan fingerprint density at radius 1 is 1.28 bits per heavy atom. The molecule has 0 spiro atoms. The summed E-state index contributed by atoms with van der Waals surface area (Å²) in [6.45, 7) is 4.22. The first kappa shape index (κ1) is 13.4. The summed E-state index contributed by atoms with van der Waals surface area (Å²) in [5, 5.41) is 3.67. The third kappa shape index (κ3) is 4.69. The van der Waals surface area contributed by atoms with Crippen molar-refractivity contribution in [3.05, 3.63) is 30.3 Å². The minimum atomic E-state index is 0.726. The van der Waals surface area contributed by atoms with E-state index in [1.807, 2.05) is 30.3 Å². The van der Waals surface area contributed by atoms with Crippen molar-refractivity contribution >= 4 is 0 Å². The number of benzene rings is 1. The van der Waals surface area contributed by atoms with Crippen LogP contribution in [0.2, 0.25) is 0 Å². The van der Waals surface area contributed by atoms with Crippen LogP contribution in [-0.2, 0) is 0 Å². The zero-order valence-electron chi connectivity index (χ0n) is 11.4. The van der Waals surface area contributed by atoms with Crippen molar-refractivity contribution in [1.29, 1.82) is 0 Å². The van der Waals surface area contributed by atoms with Crippen LogP contribution in [0, 0.1) is 5.92 Å². The molecule has 2 heteroatoms. The number of hydrogen-bond donors (Lipinski definition) is 1. The van der Waals surface area contributed by atoms with E-state index in [9.17, 15) is 0 Å². The van der Waals surface area contributed by atoms with Crippen LogP contribution in [0.25, 0.3) is 0 Å². The SMILES string of the molecule is CCCNC(CCCOc1ccccc1)C1CC1. The van der Waals surface area contributed by atoms with Crippen molar-refractivity contribution in [3.8, 4) is 5.75 Å². The summed E-state index contributed by atoms with van der Waals surface area (Å²) in [6, 6.07) is 10.8. The van der Waals surface area contributed by atoms with E-state index >= 15 is 0 Å². The molecule has 1 aliphatic carbocycles. The van der Waals surface area contributed by atoms with Crippen LogP contribution in [-0.4, -0.2) is 19.2 Å². The van der Waals surface area contributed by atoms with Gasteiger partial charge < -0.3 is 10.1 Å². The highest BCUT2D eigenvalue weighted by Crippen LogP contribution is 2.34. The van der Waals surface area contributed by atoms with E-state index in [0.717, 1.165) is 37.3 Å². The second-order valence-electron chi connectivity index (χ2n) is 5.20. The van der Waals surface area contributed by atoms with Gasteiger partial charge in [-0.3, -0.25) is 0 Å². The largest absolute Gasteiger partial charge is 0.494 e. The molecule has 1 aromatic rings. The van der Waals surface area contributed by atoms with Crippen LogP contribution in [0.4, 0.5) is 0 Å². The molecule has 0 saturated heterocycles. The second kappa shape index (κ2) is 7.42. The molecule has 1 unspecified atom stereocenters. The molecule has 1 aromatic carbocycles. The Bertz CT molecular complexity index is 321. The molecular formula is C16H25NO. The lowest BCUT2D eigenvalue weighted by molar-refractivity contribution is 0.290. The minimum Gasteiger partial charge on any atom is -0.494 e. The first-order valence-corrected chi connectivity index (χ1v) is 7.31. The Morgan fingerprint density at radius 2 is 2.06 bits per heavy atom. The fourth-order valence-electron chi connectivity index (χ4n) is 2.34. The van der Waals surface area contributed by atoms with E-state index in [4.69, 9.17) is 4.74 Å². The third-order valence-electron chi connectivity index (χ3n) is 3.52. The first-order valence-electron chi connectivity index (χ1n) is 7.31. The van der Waals surface area contributed by atoms with Gasteiger partial charge in [-0.1, -0.05) is 25.1 Å². The summed E-state index contributed by atoms with van der Waals surface area (Å²) in [6.07, 6.45) is 6.45. The molecule has 0 aliphatic heterocycles. The molecule has 1 N–H and O–H groups in total. The molecular weight excluding hydrogens is 222 g/mol. The van der Waals surface area contributed by atoms with E-state index in [1.165, 1.54) is 25.7 Å². The van der Waals surface area contributed by atoms with Crippen molar-refractivity contribution in [2.24, 2.45) is 5.92 Å². The van der Waals surface area contributed by atoms with Crippen molar-refractivity contribution in [2.75, 3.05) is 13.2 Å². The lowest BCUT2D eigenvalue weighted by Crippen LogP contribution is -2.32. The van der Waals surface area contributed by atoms with E-state index in [-0.39, 0.29) is 0 Å². The van der Waals surface area contributed by atoms with Crippen molar-refractivity contribution in [3.63, 3.8) is 0 Å². The Morgan fingerprint density at radius 3 is 2.72 bits per heavy atom. The molecule has 2 rings (SSSR count). The van der Waals surface area contributed by atoms with Gasteiger partial charge in [0.15, 0.2) is 0 Å². The molecule has 0 radical (unpaired) electrons. The predicted octanol–water partition coefficient (Wildman–Crippen LogP) is 3.62. The second-order valence-corrected chi connectivity index (χ2v) is 5.20. The molecule has 1 aliphatic rings. The van der Waals surface area contributed by atoms with Gasteiger partial charge in [0.25, 0.3) is 0 Å². The average molecular weight is 247 g/mol. The summed E-state index contributed by atoms with van der Waals surface area (Å²) < 4.78 is 5.73. The molecule has 0 heterocycles. The molecule has 0 amide bonds. The van der Waals surface area contributed by atoms with Crippen LogP contribution in [0.5, 0.6) is 5.75 Å². The Balaban J connectivity index is 1.61. The minimum absolute atomic E-state index is 0.726. The maximum Gasteiger partial charge on any atom is 0.119 e. The van der Waals surface area contributed by atoms with Crippen molar-refractivity contribution < 1.29 is 4.74 Å². The zero-order valence-corrected chi connectivity index (χ0v) is 11.4. The van der Waals surface area contributed by atoms with Crippen molar-refractivity contribution in [2.45, 2.75) is 45.1 Å². The van der Waals surface area contributed by atoms with Crippen LogP contribution in [0.15, 0.2) is 30.3 Å². The quantitative estimate of drug-likeness (QED) is 0.673. The Hall–Kier alpha value is -1.02. The molecule has 1 fully saturated rings. The summed E-state index contributed by atoms with van der Waals surface area (Å²) in [5.74, 6) is 1.93. The van der Waals surface area contributed by atoms with Gasteiger partial charge in [0.2, 0.25) is 0 Å². The standard InChI is InChI=1S/C16H25NO/c1-2-12-17-16(14-10-11-14)9-6-13-18-15-7-4-3-5-8-15/h3-5,7-8,14,16-17H,2,6,9-13H2,1H3. The summed E-state index contributed by atoms with van der Waals surface area (Å²) in [4.78, 5) is 0. The Labute approximate surface area is 111 Å². The van der Waals surface area contributed by atoms with Gasteiger partial charge >= 0.3 is 0 Å². The van der Waals surface area contributed by atoms with Gasteiger partial charge in [-0.2, -0.15) is 0 Å². The molecule has 100 valence electrons. The summed E-state index contributed by atoms with van der Waals surface area (Å²) >= 11 is 0. The third-order valence-corrected chi connectivity index (χ3v) is 3.52. The molecule has 0 bridgehead atoms. The van der Waals surface area contributed by atoms with E-state index in [0.29, 0.717) is 0 Å². The number of para-hydroxylation sites is 1. The van der Waals surface area contributed by atoms with Crippen LogP contribution < -0.4 is 10.1 Å². The van der Waals surface area contributed by atoms with E-state index in [2.05, 4.69) is 12.2 Å². The smallest absolute Gasteiger partial charge is 0.119 e. The van der Waals surface area contributed by atoms with Gasteiger partial charge in [0.05, 0.1) is 6.61 Å².